The van der Waals surface area contributed by atoms with Gasteiger partial charge in [-0.15, -0.1) is 0 Å². The SMILES string of the molecule is Cc1cc(C(=O)O)ccc1-c1ccc([C@@H]2[C@H](c3ccccn3)NC(=S)N2C2CCCC2)o1. The van der Waals surface area contributed by atoms with Gasteiger partial charge >= 0.3 is 5.97 Å². The van der Waals surface area contributed by atoms with Gasteiger partial charge in [-0.05, 0) is 73.9 Å². The van der Waals surface area contributed by atoms with E-state index in [-0.39, 0.29) is 17.6 Å². The van der Waals surface area contributed by atoms with Crippen molar-refractivity contribution < 1.29 is 14.3 Å². The van der Waals surface area contributed by atoms with Crippen LogP contribution in [0.3, 0.4) is 0 Å². The predicted molar refractivity (Wildman–Crippen MR) is 125 cm³/mol. The molecule has 0 spiro atoms. The molecule has 2 aromatic heterocycles. The summed E-state index contributed by atoms with van der Waals surface area (Å²) in [6.07, 6.45) is 6.47. The van der Waals surface area contributed by atoms with Gasteiger partial charge in [-0.3, -0.25) is 4.98 Å². The van der Waals surface area contributed by atoms with Gasteiger partial charge in [0.25, 0.3) is 0 Å². The summed E-state index contributed by atoms with van der Waals surface area (Å²) in [6, 6.07) is 15.2. The average Bonchev–Trinajstić information content (AvgIpc) is 3.53. The molecule has 1 aromatic carbocycles. The molecule has 1 aliphatic carbocycles. The molecule has 0 radical (unpaired) electrons. The van der Waals surface area contributed by atoms with Crippen molar-refractivity contribution in [2.75, 3.05) is 0 Å². The molecule has 2 N–H and O–H groups in total. The summed E-state index contributed by atoms with van der Waals surface area (Å²) in [5.41, 5.74) is 2.95. The first-order valence-corrected chi connectivity index (χ1v) is 11.4. The van der Waals surface area contributed by atoms with Crippen molar-refractivity contribution in [3.8, 4) is 11.3 Å². The van der Waals surface area contributed by atoms with Crippen LogP contribution in [0.25, 0.3) is 11.3 Å². The van der Waals surface area contributed by atoms with Gasteiger partial charge in [0, 0.05) is 17.8 Å². The molecule has 2 aliphatic rings. The first-order valence-electron chi connectivity index (χ1n) is 11.0. The summed E-state index contributed by atoms with van der Waals surface area (Å²) in [7, 11) is 0. The van der Waals surface area contributed by atoms with Gasteiger partial charge in [0.15, 0.2) is 5.11 Å². The highest BCUT2D eigenvalue weighted by molar-refractivity contribution is 7.80. The number of rotatable bonds is 5. The van der Waals surface area contributed by atoms with Gasteiger partial charge in [0.05, 0.1) is 17.3 Å². The smallest absolute Gasteiger partial charge is 0.335 e. The Kier molecular flexibility index (Phi) is 5.43. The van der Waals surface area contributed by atoms with Crippen LogP contribution in [0.2, 0.25) is 0 Å². The van der Waals surface area contributed by atoms with Gasteiger partial charge < -0.3 is 19.7 Å². The molecular formula is C25H25N3O3S. The lowest BCUT2D eigenvalue weighted by molar-refractivity contribution is 0.0697. The van der Waals surface area contributed by atoms with E-state index in [2.05, 4.69) is 15.2 Å². The van der Waals surface area contributed by atoms with Crippen LogP contribution >= 0.6 is 12.2 Å². The highest BCUT2D eigenvalue weighted by Crippen LogP contribution is 2.44. The van der Waals surface area contributed by atoms with Crippen LogP contribution in [-0.2, 0) is 0 Å². The molecule has 2 fully saturated rings. The fourth-order valence-electron chi connectivity index (χ4n) is 4.98. The summed E-state index contributed by atoms with van der Waals surface area (Å²) in [5.74, 6) is 0.616. The van der Waals surface area contributed by atoms with Gasteiger partial charge in [-0.25, -0.2) is 4.79 Å². The molecule has 1 saturated heterocycles. The van der Waals surface area contributed by atoms with Crippen LogP contribution in [0.1, 0.15) is 65.1 Å². The predicted octanol–water partition coefficient (Wildman–Crippen LogP) is 5.26. The van der Waals surface area contributed by atoms with E-state index in [1.165, 1.54) is 12.8 Å². The van der Waals surface area contributed by atoms with Crippen molar-refractivity contribution in [2.24, 2.45) is 0 Å². The number of aromatic nitrogens is 1. The summed E-state index contributed by atoms with van der Waals surface area (Å²) >= 11 is 5.78. The Bertz CT molecular complexity index is 1150. The van der Waals surface area contributed by atoms with E-state index in [1.54, 1.807) is 18.3 Å². The fraction of sp³-hybridized carbons (Fsp3) is 0.320. The molecule has 7 heteroatoms. The van der Waals surface area contributed by atoms with Crippen LogP contribution in [-0.4, -0.2) is 32.1 Å². The molecule has 2 atom stereocenters. The topological polar surface area (TPSA) is 78.6 Å². The summed E-state index contributed by atoms with van der Waals surface area (Å²) in [4.78, 5) is 18.2. The molecule has 1 saturated carbocycles. The second-order valence-electron chi connectivity index (χ2n) is 8.51. The first-order chi connectivity index (χ1) is 15.5. The number of aromatic carboxylic acids is 1. The minimum absolute atomic E-state index is 0.0900. The molecule has 0 bridgehead atoms. The first kappa shape index (κ1) is 20.7. The van der Waals surface area contributed by atoms with E-state index in [0.717, 1.165) is 46.3 Å². The number of furan rings is 1. The molecule has 5 rings (SSSR count). The Balaban J connectivity index is 1.54. The number of pyridine rings is 1. The summed E-state index contributed by atoms with van der Waals surface area (Å²) < 4.78 is 6.41. The van der Waals surface area contributed by atoms with Crippen LogP contribution in [0, 0.1) is 6.92 Å². The zero-order valence-corrected chi connectivity index (χ0v) is 18.6. The standard InChI is InChI=1S/C25H25N3O3S/c1-15-14-16(24(29)30)9-10-18(15)20-11-12-21(31-20)23-22(19-8-4-5-13-26-19)27-25(32)28(23)17-6-2-3-7-17/h4-5,8-14,17,22-23H,2-3,6-7H2,1H3,(H,27,32)(H,29,30)/t22-,23+/m0/s1. The zero-order valence-electron chi connectivity index (χ0n) is 17.8. The van der Waals surface area contributed by atoms with Crippen molar-refractivity contribution in [2.45, 2.75) is 50.7 Å². The third-order valence-corrected chi connectivity index (χ3v) is 6.84. The highest BCUT2D eigenvalue weighted by Gasteiger charge is 2.45. The largest absolute Gasteiger partial charge is 0.478 e. The maximum Gasteiger partial charge on any atom is 0.335 e. The van der Waals surface area contributed by atoms with Crippen molar-refractivity contribution in [3.05, 3.63) is 77.3 Å². The van der Waals surface area contributed by atoms with E-state index in [9.17, 15) is 9.90 Å². The number of hydrogen-bond donors (Lipinski definition) is 2. The van der Waals surface area contributed by atoms with Crippen molar-refractivity contribution in [1.29, 1.82) is 0 Å². The van der Waals surface area contributed by atoms with E-state index >= 15 is 0 Å². The lowest BCUT2D eigenvalue weighted by atomic mass is 10.0. The van der Waals surface area contributed by atoms with Gasteiger partial charge in [0.1, 0.15) is 17.6 Å². The van der Waals surface area contributed by atoms with E-state index in [4.69, 9.17) is 16.6 Å². The lowest BCUT2D eigenvalue weighted by Crippen LogP contribution is -2.37. The maximum absolute atomic E-state index is 11.3. The normalized spacial score (nSPS) is 21.2. The average molecular weight is 448 g/mol. The van der Waals surface area contributed by atoms with Crippen molar-refractivity contribution in [3.63, 3.8) is 0 Å². The number of carbonyl (C=O) groups is 1. The maximum atomic E-state index is 11.3. The molecule has 6 nitrogen and oxygen atoms in total. The van der Waals surface area contributed by atoms with Gasteiger partial charge in [-0.1, -0.05) is 25.0 Å². The summed E-state index contributed by atoms with van der Waals surface area (Å²) in [5, 5.41) is 13.5. The number of carboxylic acids is 1. The molecular weight excluding hydrogens is 422 g/mol. The Morgan fingerprint density at radius 3 is 2.69 bits per heavy atom. The minimum atomic E-state index is -0.935. The third kappa shape index (κ3) is 3.66. The number of nitrogens with zero attached hydrogens (tertiary/aromatic N) is 2. The van der Waals surface area contributed by atoms with Gasteiger partial charge in [-0.2, -0.15) is 0 Å². The number of nitrogens with one attached hydrogen (secondary N) is 1. The zero-order chi connectivity index (χ0) is 22.2. The van der Waals surface area contributed by atoms with Crippen LogP contribution < -0.4 is 5.32 Å². The Morgan fingerprint density at radius 2 is 2.00 bits per heavy atom. The number of thiocarbonyl (C=S) groups is 1. The second-order valence-corrected chi connectivity index (χ2v) is 8.90. The third-order valence-electron chi connectivity index (χ3n) is 6.51. The highest BCUT2D eigenvalue weighted by atomic mass is 32.1. The number of benzene rings is 1. The number of hydrogen-bond acceptors (Lipinski definition) is 4. The fourth-order valence-corrected chi connectivity index (χ4v) is 5.37. The quantitative estimate of drug-likeness (QED) is 0.516. The molecule has 164 valence electrons. The van der Waals surface area contributed by atoms with E-state index in [0.29, 0.717) is 6.04 Å². The van der Waals surface area contributed by atoms with Gasteiger partial charge in [0.2, 0.25) is 0 Å². The Morgan fingerprint density at radius 1 is 1.19 bits per heavy atom. The molecule has 0 unspecified atom stereocenters. The molecule has 3 heterocycles. The summed E-state index contributed by atoms with van der Waals surface area (Å²) in [6.45, 7) is 1.90. The second kappa shape index (κ2) is 8.39. The Labute approximate surface area is 192 Å². The molecule has 1 aliphatic heterocycles. The lowest BCUT2D eigenvalue weighted by Gasteiger charge is -2.31. The van der Waals surface area contributed by atoms with E-state index < -0.39 is 5.97 Å². The van der Waals surface area contributed by atoms with Crippen LogP contribution in [0.4, 0.5) is 0 Å². The minimum Gasteiger partial charge on any atom is -0.478 e. The molecule has 0 amide bonds. The molecule has 3 aromatic rings. The molecule has 32 heavy (non-hydrogen) atoms. The van der Waals surface area contributed by atoms with Crippen molar-refractivity contribution in [1.82, 2.24) is 15.2 Å². The monoisotopic (exact) mass is 447 g/mol. The Hall–Kier alpha value is -3.19. The number of aryl methyl sites for hydroxylation is 1. The van der Waals surface area contributed by atoms with Crippen LogP contribution in [0.15, 0.2) is 59.1 Å². The number of carboxylic acid groups (broad SMARTS) is 1. The van der Waals surface area contributed by atoms with E-state index in [1.807, 2.05) is 43.3 Å². The van der Waals surface area contributed by atoms with Crippen LogP contribution in [0.5, 0.6) is 0 Å². The van der Waals surface area contributed by atoms with Crippen molar-refractivity contribution >= 4 is 23.3 Å².